The standard InChI is InChI=1S/C30H60N2O3/c1-3-5-6-7-11-16-22-29(4-2)35-30(34)23-17-12-10-14-19-26-32(27-21-24-31)25-18-13-8-9-15-20-28-33/h28-29H,3-27,31H2,1-2H3. The molecule has 0 fully saturated rings. The lowest BCUT2D eigenvalue weighted by Crippen LogP contribution is -2.28. The molecule has 0 amide bonds. The molecule has 0 aliphatic heterocycles. The van der Waals surface area contributed by atoms with Crippen LogP contribution in [0.15, 0.2) is 0 Å². The van der Waals surface area contributed by atoms with E-state index in [-0.39, 0.29) is 12.1 Å². The minimum Gasteiger partial charge on any atom is -0.462 e. The Balaban J connectivity index is 3.78. The number of aldehydes is 1. The molecule has 0 aromatic carbocycles. The summed E-state index contributed by atoms with van der Waals surface area (Å²) in [4.78, 5) is 25.2. The Morgan fingerprint density at radius 2 is 1.29 bits per heavy atom. The number of hydrogen-bond donors (Lipinski definition) is 1. The van der Waals surface area contributed by atoms with Crippen LogP contribution in [0.25, 0.3) is 0 Å². The van der Waals surface area contributed by atoms with Crippen LogP contribution in [0.3, 0.4) is 0 Å². The van der Waals surface area contributed by atoms with Gasteiger partial charge in [0.1, 0.15) is 12.4 Å². The van der Waals surface area contributed by atoms with Crippen molar-refractivity contribution in [3.8, 4) is 0 Å². The van der Waals surface area contributed by atoms with E-state index >= 15 is 0 Å². The van der Waals surface area contributed by atoms with Crippen molar-refractivity contribution in [2.24, 2.45) is 5.73 Å². The van der Waals surface area contributed by atoms with Gasteiger partial charge >= 0.3 is 5.97 Å². The zero-order chi connectivity index (χ0) is 25.8. The van der Waals surface area contributed by atoms with Gasteiger partial charge in [-0.05, 0) is 77.5 Å². The zero-order valence-electron chi connectivity index (χ0n) is 23.6. The fourth-order valence-corrected chi connectivity index (χ4v) is 4.62. The van der Waals surface area contributed by atoms with Crippen molar-refractivity contribution >= 4 is 12.3 Å². The minimum atomic E-state index is 0.00181. The normalized spacial score (nSPS) is 12.2. The molecule has 0 aliphatic carbocycles. The Morgan fingerprint density at radius 1 is 0.743 bits per heavy atom. The van der Waals surface area contributed by atoms with Crippen molar-refractivity contribution in [2.45, 2.75) is 155 Å². The van der Waals surface area contributed by atoms with Gasteiger partial charge in [0.15, 0.2) is 0 Å². The predicted octanol–water partition coefficient (Wildman–Crippen LogP) is 7.59. The second-order valence-electron chi connectivity index (χ2n) is 10.3. The van der Waals surface area contributed by atoms with Gasteiger partial charge in [0.2, 0.25) is 0 Å². The van der Waals surface area contributed by atoms with E-state index in [9.17, 15) is 9.59 Å². The Morgan fingerprint density at radius 3 is 1.89 bits per heavy atom. The van der Waals surface area contributed by atoms with Gasteiger partial charge in [-0.25, -0.2) is 0 Å². The van der Waals surface area contributed by atoms with Gasteiger partial charge < -0.3 is 20.2 Å². The summed E-state index contributed by atoms with van der Waals surface area (Å²) in [6.45, 7) is 8.56. The number of carbonyl (C=O) groups excluding carboxylic acids is 2. The molecule has 0 spiro atoms. The van der Waals surface area contributed by atoms with Crippen LogP contribution in [0.4, 0.5) is 0 Å². The van der Waals surface area contributed by atoms with Crippen LogP contribution in [-0.4, -0.2) is 49.4 Å². The largest absolute Gasteiger partial charge is 0.462 e. The summed E-state index contributed by atoms with van der Waals surface area (Å²) in [5, 5.41) is 0. The molecular weight excluding hydrogens is 436 g/mol. The van der Waals surface area contributed by atoms with Crippen molar-refractivity contribution in [3.63, 3.8) is 0 Å². The lowest BCUT2D eigenvalue weighted by atomic mass is 10.1. The fourth-order valence-electron chi connectivity index (χ4n) is 4.62. The van der Waals surface area contributed by atoms with Crippen molar-refractivity contribution in [1.82, 2.24) is 4.90 Å². The predicted molar refractivity (Wildman–Crippen MR) is 150 cm³/mol. The first-order valence-electron chi connectivity index (χ1n) is 15.2. The van der Waals surface area contributed by atoms with E-state index in [1.807, 2.05) is 0 Å². The average Bonchev–Trinajstić information content (AvgIpc) is 2.86. The number of carbonyl (C=O) groups is 2. The van der Waals surface area contributed by atoms with Gasteiger partial charge in [0.25, 0.3) is 0 Å². The number of unbranched alkanes of at least 4 members (excludes halogenated alkanes) is 14. The number of esters is 1. The summed E-state index contributed by atoms with van der Waals surface area (Å²) in [6.07, 6.45) is 24.8. The number of nitrogens with zero attached hydrogens (tertiary/aromatic N) is 1. The van der Waals surface area contributed by atoms with E-state index in [4.69, 9.17) is 10.5 Å². The summed E-state index contributed by atoms with van der Waals surface area (Å²) in [7, 11) is 0. The maximum atomic E-state index is 12.2. The Kier molecular flexibility index (Phi) is 26.9. The first-order chi connectivity index (χ1) is 17.2. The summed E-state index contributed by atoms with van der Waals surface area (Å²) in [5.74, 6) is 0.00181. The van der Waals surface area contributed by atoms with Crippen LogP contribution in [0, 0.1) is 0 Å². The molecule has 1 unspecified atom stereocenters. The van der Waals surface area contributed by atoms with Crippen LogP contribution in [0.5, 0.6) is 0 Å². The van der Waals surface area contributed by atoms with Crippen LogP contribution < -0.4 is 5.73 Å². The number of nitrogens with two attached hydrogens (primary N) is 1. The average molecular weight is 497 g/mol. The van der Waals surface area contributed by atoms with E-state index in [0.717, 1.165) is 71.0 Å². The van der Waals surface area contributed by atoms with Gasteiger partial charge in [-0.2, -0.15) is 0 Å². The van der Waals surface area contributed by atoms with Crippen molar-refractivity contribution in [3.05, 3.63) is 0 Å². The first-order valence-corrected chi connectivity index (χ1v) is 15.2. The highest BCUT2D eigenvalue weighted by Gasteiger charge is 2.12. The minimum absolute atomic E-state index is 0.00181. The Bertz CT molecular complexity index is 459. The molecule has 0 heterocycles. The topological polar surface area (TPSA) is 72.6 Å². The molecule has 0 aromatic rings. The van der Waals surface area contributed by atoms with E-state index in [1.165, 1.54) is 83.5 Å². The molecule has 208 valence electrons. The fraction of sp³-hybridized carbons (Fsp3) is 0.933. The van der Waals surface area contributed by atoms with Crippen LogP contribution in [-0.2, 0) is 14.3 Å². The SMILES string of the molecule is CCCCCCCCC(CC)OC(=O)CCCCCCCN(CCCN)CCCCCCCC=O. The summed E-state index contributed by atoms with van der Waals surface area (Å²) in [5.41, 5.74) is 5.73. The molecular formula is C30H60N2O3. The molecule has 0 bridgehead atoms. The molecule has 2 N–H and O–H groups in total. The first kappa shape index (κ1) is 34.1. The highest BCUT2D eigenvalue weighted by molar-refractivity contribution is 5.69. The molecule has 0 aromatic heterocycles. The second-order valence-corrected chi connectivity index (χ2v) is 10.3. The van der Waals surface area contributed by atoms with E-state index in [2.05, 4.69) is 18.7 Å². The monoisotopic (exact) mass is 496 g/mol. The lowest BCUT2D eigenvalue weighted by Gasteiger charge is -2.22. The van der Waals surface area contributed by atoms with Gasteiger partial charge in [0, 0.05) is 12.8 Å². The summed E-state index contributed by atoms with van der Waals surface area (Å²) < 4.78 is 5.73. The second kappa shape index (κ2) is 27.6. The maximum Gasteiger partial charge on any atom is 0.306 e. The van der Waals surface area contributed by atoms with Crippen molar-refractivity contribution in [1.29, 1.82) is 0 Å². The van der Waals surface area contributed by atoms with Crippen molar-refractivity contribution < 1.29 is 14.3 Å². The molecule has 35 heavy (non-hydrogen) atoms. The molecule has 5 heteroatoms. The summed E-state index contributed by atoms with van der Waals surface area (Å²) >= 11 is 0. The highest BCUT2D eigenvalue weighted by Crippen LogP contribution is 2.15. The van der Waals surface area contributed by atoms with Gasteiger partial charge in [0.05, 0.1) is 0 Å². The van der Waals surface area contributed by atoms with Crippen molar-refractivity contribution in [2.75, 3.05) is 26.2 Å². The maximum absolute atomic E-state index is 12.2. The number of hydrogen-bond acceptors (Lipinski definition) is 5. The highest BCUT2D eigenvalue weighted by atomic mass is 16.5. The third-order valence-electron chi connectivity index (χ3n) is 6.96. The van der Waals surface area contributed by atoms with Gasteiger partial charge in [-0.3, -0.25) is 4.79 Å². The van der Waals surface area contributed by atoms with Crippen LogP contribution in [0.2, 0.25) is 0 Å². The number of rotatable bonds is 28. The van der Waals surface area contributed by atoms with E-state index < -0.39 is 0 Å². The van der Waals surface area contributed by atoms with Gasteiger partial charge in [-0.15, -0.1) is 0 Å². The molecule has 5 nitrogen and oxygen atoms in total. The molecule has 0 rings (SSSR count). The third kappa shape index (κ3) is 24.5. The van der Waals surface area contributed by atoms with Crippen LogP contribution in [0.1, 0.15) is 149 Å². The Labute approximate surface area is 218 Å². The van der Waals surface area contributed by atoms with E-state index in [0.29, 0.717) is 12.8 Å². The molecule has 0 saturated heterocycles. The quantitative estimate of drug-likeness (QED) is 0.0686. The molecule has 0 saturated carbocycles. The van der Waals surface area contributed by atoms with Crippen LogP contribution >= 0.6 is 0 Å². The molecule has 0 radical (unpaired) electrons. The van der Waals surface area contributed by atoms with Gasteiger partial charge in [-0.1, -0.05) is 84.5 Å². The zero-order valence-corrected chi connectivity index (χ0v) is 23.6. The smallest absolute Gasteiger partial charge is 0.306 e. The van der Waals surface area contributed by atoms with E-state index in [1.54, 1.807) is 0 Å². The third-order valence-corrected chi connectivity index (χ3v) is 6.96. The molecule has 1 atom stereocenters. The Hall–Kier alpha value is -0.940. The number of ether oxygens (including phenoxy) is 1. The summed E-state index contributed by atoms with van der Waals surface area (Å²) in [6, 6.07) is 0. The molecule has 0 aliphatic rings. The lowest BCUT2D eigenvalue weighted by molar-refractivity contribution is -0.149.